The Morgan fingerprint density at radius 1 is 1.00 bits per heavy atom. The highest BCUT2D eigenvalue weighted by molar-refractivity contribution is 6.00. The summed E-state index contributed by atoms with van der Waals surface area (Å²) in [4.78, 5) is 11.9. The SMILES string of the molecule is NCCOc1ccccc1NC(=O)Nc1ccccc1. The molecule has 20 heavy (non-hydrogen) atoms. The second kappa shape index (κ2) is 7.16. The van der Waals surface area contributed by atoms with E-state index in [0.29, 0.717) is 24.6 Å². The molecule has 0 aliphatic heterocycles. The van der Waals surface area contributed by atoms with Gasteiger partial charge in [0.25, 0.3) is 0 Å². The Bertz CT molecular complexity index is 558. The number of amides is 2. The lowest BCUT2D eigenvalue weighted by atomic mass is 10.3. The normalized spacial score (nSPS) is 9.85. The van der Waals surface area contributed by atoms with Crippen LogP contribution in [0.4, 0.5) is 16.2 Å². The number of anilines is 2. The van der Waals surface area contributed by atoms with Crippen LogP contribution >= 0.6 is 0 Å². The maximum atomic E-state index is 11.9. The molecule has 0 radical (unpaired) electrons. The van der Waals surface area contributed by atoms with Crippen LogP contribution in [-0.2, 0) is 0 Å². The van der Waals surface area contributed by atoms with E-state index in [4.69, 9.17) is 10.5 Å². The van der Waals surface area contributed by atoms with Gasteiger partial charge in [-0.3, -0.25) is 0 Å². The molecule has 0 bridgehead atoms. The van der Waals surface area contributed by atoms with Crippen molar-refractivity contribution in [1.29, 1.82) is 0 Å². The topological polar surface area (TPSA) is 76.4 Å². The molecule has 2 aromatic rings. The van der Waals surface area contributed by atoms with Crippen molar-refractivity contribution in [2.24, 2.45) is 5.73 Å². The van der Waals surface area contributed by atoms with Crippen molar-refractivity contribution in [2.75, 3.05) is 23.8 Å². The van der Waals surface area contributed by atoms with Crippen LogP contribution in [0.25, 0.3) is 0 Å². The van der Waals surface area contributed by atoms with Gasteiger partial charge in [0.2, 0.25) is 0 Å². The maximum absolute atomic E-state index is 11.9. The Labute approximate surface area is 117 Å². The molecular weight excluding hydrogens is 254 g/mol. The summed E-state index contributed by atoms with van der Waals surface area (Å²) in [6.45, 7) is 0.823. The summed E-state index contributed by atoms with van der Waals surface area (Å²) >= 11 is 0. The van der Waals surface area contributed by atoms with Gasteiger partial charge in [-0.05, 0) is 24.3 Å². The van der Waals surface area contributed by atoms with Crippen LogP contribution in [0.5, 0.6) is 5.75 Å². The van der Waals surface area contributed by atoms with Crippen molar-refractivity contribution >= 4 is 17.4 Å². The Balaban J connectivity index is 2.00. The van der Waals surface area contributed by atoms with E-state index in [9.17, 15) is 4.79 Å². The van der Waals surface area contributed by atoms with Crippen molar-refractivity contribution in [3.05, 3.63) is 54.6 Å². The van der Waals surface area contributed by atoms with Crippen LogP contribution in [0.2, 0.25) is 0 Å². The van der Waals surface area contributed by atoms with Gasteiger partial charge in [-0.2, -0.15) is 0 Å². The van der Waals surface area contributed by atoms with Gasteiger partial charge in [-0.1, -0.05) is 30.3 Å². The van der Waals surface area contributed by atoms with Gasteiger partial charge in [0, 0.05) is 12.2 Å². The molecule has 0 unspecified atom stereocenters. The molecule has 0 aliphatic carbocycles. The standard InChI is InChI=1S/C15H17N3O2/c16-10-11-20-14-9-5-4-8-13(14)18-15(19)17-12-6-2-1-3-7-12/h1-9H,10-11,16H2,(H2,17,18,19). The van der Waals surface area contributed by atoms with E-state index < -0.39 is 0 Å². The van der Waals surface area contributed by atoms with Gasteiger partial charge in [-0.15, -0.1) is 0 Å². The van der Waals surface area contributed by atoms with Gasteiger partial charge in [0.1, 0.15) is 12.4 Å². The van der Waals surface area contributed by atoms with E-state index >= 15 is 0 Å². The van der Waals surface area contributed by atoms with Crippen molar-refractivity contribution in [3.63, 3.8) is 0 Å². The minimum atomic E-state index is -0.319. The summed E-state index contributed by atoms with van der Waals surface area (Å²) < 4.78 is 5.47. The third-order valence-electron chi connectivity index (χ3n) is 2.54. The summed E-state index contributed by atoms with van der Waals surface area (Å²) in [7, 11) is 0. The number of nitrogens with two attached hydrogens (primary N) is 1. The number of carbonyl (C=O) groups excluding carboxylic acids is 1. The first-order valence-electron chi connectivity index (χ1n) is 6.34. The molecule has 0 saturated carbocycles. The second-order valence-electron chi connectivity index (χ2n) is 4.08. The fraction of sp³-hybridized carbons (Fsp3) is 0.133. The number of nitrogens with one attached hydrogen (secondary N) is 2. The third-order valence-corrected chi connectivity index (χ3v) is 2.54. The first-order chi connectivity index (χ1) is 9.79. The molecule has 0 spiro atoms. The fourth-order valence-electron chi connectivity index (χ4n) is 1.67. The molecule has 0 heterocycles. The number of carbonyl (C=O) groups is 1. The largest absolute Gasteiger partial charge is 0.490 e. The summed E-state index contributed by atoms with van der Waals surface area (Å²) in [5.41, 5.74) is 6.74. The van der Waals surface area contributed by atoms with Crippen LogP contribution < -0.4 is 21.1 Å². The Morgan fingerprint density at radius 2 is 1.70 bits per heavy atom. The summed E-state index contributed by atoms with van der Waals surface area (Å²) in [5.74, 6) is 0.598. The molecule has 0 aromatic heterocycles. The average Bonchev–Trinajstić information content (AvgIpc) is 2.47. The van der Waals surface area contributed by atoms with Crippen LogP contribution in [0.3, 0.4) is 0 Å². The first kappa shape index (κ1) is 13.9. The Hall–Kier alpha value is -2.53. The van der Waals surface area contributed by atoms with Gasteiger partial charge in [-0.25, -0.2) is 4.79 Å². The lowest BCUT2D eigenvalue weighted by Gasteiger charge is -2.12. The van der Waals surface area contributed by atoms with Crippen LogP contribution in [0.1, 0.15) is 0 Å². The van der Waals surface area contributed by atoms with Gasteiger partial charge in [0.15, 0.2) is 0 Å². The fourth-order valence-corrected chi connectivity index (χ4v) is 1.67. The lowest BCUT2D eigenvalue weighted by Crippen LogP contribution is -2.20. The zero-order valence-electron chi connectivity index (χ0n) is 11.0. The van der Waals surface area contributed by atoms with E-state index in [1.165, 1.54) is 0 Å². The molecular formula is C15H17N3O2. The van der Waals surface area contributed by atoms with Crippen molar-refractivity contribution in [3.8, 4) is 5.75 Å². The molecule has 0 saturated heterocycles. The summed E-state index contributed by atoms with van der Waals surface area (Å²) in [6.07, 6.45) is 0. The predicted molar refractivity (Wildman–Crippen MR) is 80.1 cm³/mol. The molecule has 104 valence electrons. The Morgan fingerprint density at radius 3 is 2.45 bits per heavy atom. The smallest absolute Gasteiger partial charge is 0.323 e. The molecule has 5 nitrogen and oxygen atoms in total. The number of benzene rings is 2. The molecule has 2 aromatic carbocycles. The zero-order chi connectivity index (χ0) is 14.2. The highest BCUT2D eigenvalue weighted by atomic mass is 16.5. The summed E-state index contributed by atoms with van der Waals surface area (Å²) in [6, 6.07) is 16.1. The van der Waals surface area contributed by atoms with E-state index in [2.05, 4.69) is 10.6 Å². The lowest BCUT2D eigenvalue weighted by molar-refractivity contribution is 0.262. The zero-order valence-corrected chi connectivity index (χ0v) is 11.0. The number of urea groups is 1. The average molecular weight is 271 g/mol. The van der Waals surface area contributed by atoms with Gasteiger partial charge < -0.3 is 21.1 Å². The highest BCUT2D eigenvalue weighted by Gasteiger charge is 2.07. The first-order valence-corrected chi connectivity index (χ1v) is 6.34. The van der Waals surface area contributed by atoms with E-state index in [1.807, 2.05) is 42.5 Å². The number of hydrogen-bond acceptors (Lipinski definition) is 3. The number of rotatable bonds is 5. The van der Waals surface area contributed by atoms with Crippen molar-refractivity contribution in [2.45, 2.75) is 0 Å². The molecule has 5 heteroatoms. The third kappa shape index (κ3) is 4.00. The number of para-hydroxylation sites is 3. The minimum Gasteiger partial charge on any atom is -0.490 e. The molecule has 2 amide bonds. The number of hydrogen-bond donors (Lipinski definition) is 3. The van der Waals surface area contributed by atoms with E-state index in [1.54, 1.807) is 12.1 Å². The van der Waals surface area contributed by atoms with Crippen molar-refractivity contribution in [1.82, 2.24) is 0 Å². The van der Waals surface area contributed by atoms with E-state index in [0.717, 1.165) is 5.69 Å². The maximum Gasteiger partial charge on any atom is 0.323 e. The second-order valence-corrected chi connectivity index (χ2v) is 4.08. The predicted octanol–water partition coefficient (Wildman–Crippen LogP) is 2.67. The molecule has 4 N–H and O–H groups in total. The number of ether oxygens (including phenoxy) is 1. The molecule has 0 aliphatic rings. The van der Waals surface area contributed by atoms with Crippen LogP contribution in [0.15, 0.2) is 54.6 Å². The molecule has 0 atom stereocenters. The molecule has 2 rings (SSSR count). The summed E-state index contributed by atoms with van der Waals surface area (Å²) in [5, 5.41) is 5.50. The highest BCUT2D eigenvalue weighted by Crippen LogP contribution is 2.23. The molecule has 0 fully saturated rings. The van der Waals surface area contributed by atoms with Gasteiger partial charge in [0.05, 0.1) is 5.69 Å². The van der Waals surface area contributed by atoms with Crippen LogP contribution in [0, 0.1) is 0 Å². The van der Waals surface area contributed by atoms with Crippen LogP contribution in [-0.4, -0.2) is 19.2 Å². The van der Waals surface area contributed by atoms with Crippen molar-refractivity contribution < 1.29 is 9.53 Å². The van der Waals surface area contributed by atoms with E-state index in [-0.39, 0.29) is 6.03 Å². The monoisotopic (exact) mass is 271 g/mol. The minimum absolute atomic E-state index is 0.319. The quantitative estimate of drug-likeness (QED) is 0.782. The Kier molecular flexibility index (Phi) is 4.97. The van der Waals surface area contributed by atoms with Gasteiger partial charge >= 0.3 is 6.03 Å².